The molecule has 1 fully saturated rings. The van der Waals surface area contributed by atoms with Gasteiger partial charge < -0.3 is 15.6 Å². The van der Waals surface area contributed by atoms with Crippen molar-refractivity contribution < 1.29 is 9.84 Å². The van der Waals surface area contributed by atoms with E-state index in [9.17, 15) is 0 Å². The highest BCUT2D eigenvalue weighted by molar-refractivity contribution is 9.10. The molecule has 2 aromatic rings. The largest absolute Gasteiger partial charge is 0.394 e. The average molecular weight is 328 g/mol. The van der Waals surface area contributed by atoms with Gasteiger partial charge in [0.25, 0.3) is 0 Å². The van der Waals surface area contributed by atoms with Crippen LogP contribution in [0.15, 0.2) is 10.9 Å². The van der Waals surface area contributed by atoms with E-state index < -0.39 is 0 Å². The van der Waals surface area contributed by atoms with Gasteiger partial charge in [-0.25, -0.2) is 14.5 Å². The lowest BCUT2D eigenvalue weighted by Gasteiger charge is -2.26. The maximum Gasteiger partial charge on any atom is 0.154 e. The van der Waals surface area contributed by atoms with Crippen LogP contribution in [-0.2, 0) is 4.74 Å². The van der Waals surface area contributed by atoms with E-state index in [1.54, 1.807) is 4.52 Å². The smallest absolute Gasteiger partial charge is 0.154 e. The maximum atomic E-state index is 9.07. The molecule has 3 heterocycles. The third-order valence-electron chi connectivity index (χ3n) is 3.38. The van der Waals surface area contributed by atoms with Gasteiger partial charge in [0, 0.05) is 5.92 Å². The maximum absolute atomic E-state index is 9.07. The van der Waals surface area contributed by atoms with Crippen LogP contribution in [0.5, 0.6) is 0 Å². The molecule has 2 unspecified atom stereocenters. The van der Waals surface area contributed by atoms with Crippen molar-refractivity contribution in [2.24, 2.45) is 0 Å². The summed E-state index contributed by atoms with van der Waals surface area (Å²) in [5.74, 6) is 1.36. The van der Waals surface area contributed by atoms with E-state index >= 15 is 0 Å². The number of rotatable bonds is 2. The van der Waals surface area contributed by atoms with Crippen LogP contribution in [0.2, 0.25) is 0 Å². The molecular formula is C11H14BrN5O2. The normalized spacial score (nSPS) is 23.9. The first-order chi connectivity index (χ1) is 9.20. The number of hydrogen-bond donors (Lipinski definition) is 2. The Kier molecular flexibility index (Phi) is 3.38. The highest BCUT2D eigenvalue weighted by Gasteiger charge is 2.27. The fourth-order valence-electron chi connectivity index (χ4n) is 2.35. The fraction of sp³-hybridized carbons (Fsp3) is 0.545. The van der Waals surface area contributed by atoms with Crippen molar-refractivity contribution in [3.05, 3.63) is 16.8 Å². The molecule has 19 heavy (non-hydrogen) atoms. The van der Waals surface area contributed by atoms with Crippen LogP contribution < -0.4 is 5.73 Å². The molecule has 0 aromatic carbocycles. The predicted molar refractivity (Wildman–Crippen MR) is 71.7 cm³/mol. The van der Waals surface area contributed by atoms with Crippen LogP contribution in [0.1, 0.15) is 24.6 Å². The van der Waals surface area contributed by atoms with Gasteiger partial charge in [-0.15, -0.1) is 0 Å². The Bertz CT molecular complexity index is 594. The molecule has 0 radical (unpaired) electrons. The zero-order valence-electron chi connectivity index (χ0n) is 10.2. The number of hydrogen-bond acceptors (Lipinski definition) is 6. The summed E-state index contributed by atoms with van der Waals surface area (Å²) >= 11 is 3.39. The molecule has 3 rings (SSSR count). The standard InChI is InChI=1S/C11H14BrN5O2/c12-9-8-10(13)14-5-15-17(8)11(16-9)6-1-2-7(3-18)19-4-6/h5-7,18H,1-4H2,(H2,13,14,15). The third-order valence-corrected chi connectivity index (χ3v) is 3.94. The third kappa shape index (κ3) is 2.19. The number of nitrogens with zero attached hydrogens (tertiary/aromatic N) is 4. The number of aromatic nitrogens is 4. The molecule has 1 aliphatic heterocycles. The van der Waals surface area contributed by atoms with Crippen LogP contribution in [0.4, 0.5) is 5.82 Å². The number of nitrogen functional groups attached to an aromatic ring is 1. The SMILES string of the molecule is Nc1ncnn2c(C3CCC(CO)OC3)nc(Br)c12. The molecule has 7 nitrogen and oxygen atoms in total. The molecular weight excluding hydrogens is 314 g/mol. The Morgan fingerprint density at radius 1 is 1.53 bits per heavy atom. The number of nitrogens with two attached hydrogens (primary N) is 1. The summed E-state index contributed by atoms with van der Waals surface area (Å²) in [7, 11) is 0. The van der Waals surface area contributed by atoms with E-state index in [1.165, 1.54) is 6.33 Å². The molecule has 0 bridgehead atoms. The fourth-order valence-corrected chi connectivity index (χ4v) is 2.91. The summed E-state index contributed by atoms with van der Waals surface area (Å²) in [6, 6.07) is 0. The summed E-state index contributed by atoms with van der Waals surface area (Å²) < 4.78 is 7.94. The first-order valence-corrected chi connectivity index (χ1v) is 6.87. The summed E-state index contributed by atoms with van der Waals surface area (Å²) in [6.45, 7) is 0.592. The second kappa shape index (κ2) is 5.03. The molecule has 0 spiro atoms. The van der Waals surface area contributed by atoms with Gasteiger partial charge >= 0.3 is 0 Å². The van der Waals surface area contributed by atoms with Crippen LogP contribution in [0.3, 0.4) is 0 Å². The lowest BCUT2D eigenvalue weighted by atomic mass is 9.98. The average Bonchev–Trinajstić information content (AvgIpc) is 2.78. The summed E-state index contributed by atoms with van der Waals surface area (Å²) in [6.07, 6.45) is 3.07. The van der Waals surface area contributed by atoms with E-state index in [0.29, 0.717) is 22.5 Å². The van der Waals surface area contributed by atoms with Crippen molar-refractivity contribution in [2.45, 2.75) is 24.9 Å². The van der Waals surface area contributed by atoms with E-state index in [4.69, 9.17) is 15.6 Å². The van der Waals surface area contributed by atoms with Gasteiger partial charge in [0.15, 0.2) is 5.82 Å². The zero-order chi connectivity index (χ0) is 13.4. The minimum atomic E-state index is -0.0642. The lowest BCUT2D eigenvalue weighted by Crippen LogP contribution is -2.28. The minimum Gasteiger partial charge on any atom is -0.394 e. The lowest BCUT2D eigenvalue weighted by molar-refractivity contribution is -0.0284. The summed E-state index contributed by atoms with van der Waals surface area (Å²) in [5.41, 5.74) is 6.52. The number of fused-ring (bicyclic) bond motifs is 1. The molecule has 3 N–H and O–H groups in total. The number of anilines is 1. The van der Waals surface area contributed by atoms with Crippen molar-refractivity contribution in [1.82, 2.24) is 19.6 Å². The highest BCUT2D eigenvalue weighted by atomic mass is 79.9. The number of halogens is 1. The van der Waals surface area contributed by atoms with Gasteiger partial charge in [-0.2, -0.15) is 5.10 Å². The van der Waals surface area contributed by atoms with Gasteiger partial charge in [0.1, 0.15) is 22.3 Å². The second-order valence-corrected chi connectivity index (χ2v) is 5.33. The first-order valence-electron chi connectivity index (χ1n) is 6.07. The highest BCUT2D eigenvalue weighted by Crippen LogP contribution is 2.31. The molecule has 0 aliphatic carbocycles. The minimum absolute atomic E-state index is 0.0634. The Hall–Kier alpha value is -1.25. The van der Waals surface area contributed by atoms with Gasteiger partial charge in [-0.1, -0.05) is 0 Å². The quantitative estimate of drug-likeness (QED) is 0.843. The molecule has 102 valence electrons. The van der Waals surface area contributed by atoms with E-state index in [1.807, 2.05) is 0 Å². The first kappa shape index (κ1) is 12.8. The molecule has 0 saturated carbocycles. The molecule has 1 saturated heterocycles. The topological polar surface area (TPSA) is 98.6 Å². The molecule has 2 aromatic heterocycles. The molecule has 8 heteroatoms. The Morgan fingerprint density at radius 2 is 2.37 bits per heavy atom. The van der Waals surface area contributed by atoms with Gasteiger partial charge in [-0.05, 0) is 28.8 Å². The monoisotopic (exact) mass is 327 g/mol. The van der Waals surface area contributed by atoms with Crippen molar-refractivity contribution in [3.63, 3.8) is 0 Å². The van der Waals surface area contributed by atoms with E-state index in [-0.39, 0.29) is 18.6 Å². The number of ether oxygens (including phenoxy) is 1. The van der Waals surface area contributed by atoms with Gasteiger partial charge in [0.05, 0.1) is 19.3 Å². The van der Waals surface area contributed by atoms with E-state index in [0.717, 1.165) is 18.7 Å². The predicted octanol–water partition coefficient (Wildman–Crippen LogP) is 0.724. The van der Waals surface area contributed by atoms with Gasteiger partial charge in [0.2, 0.25) is 0 Å². The van der Waals surface area contributed by atoms with Crippen LogP contribution in [-0.4, -0.2) is 44.0 Å². The Labute approximate surface area is 117 Å². The zero-order valence-corrected chi connectivity index (χ0v) is 11.7. The van der Waals surface area contributed by atoms with Crippen molar-refractivity contribution in [1.29, 1.82) is 0 Å². The van der Waals surface area contributed by atoms with Crippen LogP contribution >= 0.6 is 15.9 Å². The van der Waals surface area contributed by atoms with E-state index in [2.05, 4.69) is 31.0 Å². The van der Waals surface area contributed by atoms with Gasteiger partial charge in [-0.3, -0.25) is 0 Å². The Morgan fingerprint density at radius 3 is 3.05 bits per heavy atom. The molecule has 2 atom stereocenters. The summed E-state index contributed by atoms with van der Waals surface area (Å²) in [5, 5.41) is 13.3. The molecule has 1 aliphatic rings. The van der Waals surface area contributed by atoms with Crippen molar-refractivity contribution >= 4 is 27.3 Å². The number of aliphatic hydroxyl groups is 1. The Balaban J connectivity index is 1.96. The number of imidazole rings is 1. The summed E-state index contributed by atoms with van der Waals surface area (Å²) in [4.78, 5) is 8.44. The van der Waals surface area contributed by atoms with Crippen molar-refractivity contribution in [2.75, 3.05) is 18.9 Å². The van der Waals surface area contributed by atoms with Crippen LogP contribution in [0, 0.1) is 0 Å². The molecule has 0 amide bonds. The van der Waals surface area contributed by atoms with Crippen molar-refractivity contribution in [3.8, 4) is 0 Å². The second-order valence-electron chi connectivity index (χ2n) is 4.58. The van der Waals surface area contributed by atoms with Crippen LogP contribution in [0.25, 0.3) is 5.52 Å². The number of aliphatic hydroxyl groups excluding tert-OH is 1.